The zero-order valence-electron chi connectivity index (χ0n) is 10.0. The van der Waals surface area contributed by atoms with Crippen LogP contribution in [0.5, 0.6) is 0 Å². The summed E-state index contributed by atoms with van der Waals surface area (Å²) in [6, 6.07) is 2.76. The Morgan fingerprint density at radius 3 is 2.76 bits per heavy atom. The molecule has 0 amide bonds. The molecular weight excluding hydrogens is 240 g/mol. The average molecular weight is 258 g/mol. The zero-order chi connectivity index (χ0) is 12.9. The quantitative estimate of drug-likeness (QED) is 0.695. The number of hydrogen-bond donors (Lipinski definition) is 2. The van der Waals surface area contributed by atoms with Gasteiger partial charge in [0.05, 0.1) is 4.90 Å². The molecule has 0 aliphatic heterocycles. The van der Waals surface area contributed by atoms with Crippen LogP contribution >= 0.6 is 0 Å². The summed E-state index contributed by atoms with van der Waals surface area (Å²) in [7, 11) is 0.416. The molecule has 0 aliphatic rings. The van der Waals surface area contributed by atoms with Gasteiger partial charge >= 0.3 is 0 Å². The summed E-state index contributed by atoms with van der Waals surface area (Å²) < 4.78 is 26.2. The van der Waals surface area contributed by atoms with Crippen LogP contribution < -0.4 is 10.5 Å². The van der Waals surface area contributed by atoms with Crippen molar-refractivity contribution >= 4 is 15.8 Å². The molecule has 0 aromatic carbocycles. The van der Waals surface area contributed by atoms with Crippen molar-refractivity contribution in [1.82, 2.24) is 14.6 Å². The number of nitrogens with one attached hydrogen (secondary N) is 1. The topological polar surface area (TPSA) is 88.3 Å². The molecule has 0 saturated carbocycles. The minimum atomic E-state index is -3.47. The molecule has 1 rings (SSSR count). The van der Waals surface area contributed by atoms with Crippen LogP contribution in [-0.2, 0) is 10.0 Å². The van der Waals surface area contributed by atoms with Crippen molar-refractivity contribution in [2.45, 2.75) is 11.3 Å². The van der Waals surface area contributed by atoms with E-state index >= 15 is 0 Å². The molecule has 0 radical (unpaired) electrons. The molecular formula is C10H18N4O2S. The predicted molar refractivity (Wildman–Crippen MR) is 67.0 cm³/mol. The summed E-state index contributed by atoms with van der Waals surface area (Å²) in [5.74, 6) is 0.196. The van der Waals surface area contributed by atoms with Crippen LogP contribution in [0.1, 0.15) is 6.42 Å². The lowest BCUT2D eigenvalue weighted by Crippen LogP contribution is -2.27. The summed E-state index contributed by atoms with van der Waals surface area (Å²) in [5.41, 5.74) is 5.44. The second-order valence-electron chi connectivity index (χ2n) is 3.97. The van der Waals surface area contributed by atoms with Gasteiger partial charge in [-0.2, -0.15) is 0 Å². The molecule has 3 N–H and O–H groups in total. The van der Waals surface area contributed by atoms with Crippen LogP contribution in [0, 0.1) is 0 Å². The first kappa shape index (κ1) is 13.9. The van der Waals surface area contributed by atoms with E-state index in [0.29, 0.717) is 6.54 Å². The van der Waals surface area contributed by atoms with Gasteiger partial charge in [-0.3, -0.25) is 0 Å². The SMILES string of the molecule is CN(C)CCCNS(=O)(=O)c1ccnc(N)c1. The van der Waals surface area contributed by atoms with Crippen LogP contribution in [0.3, 0.4) is 0 Å². The minimum Gasteiger partial charge on any atom is -0.384 e. The maximum Gasteiger partial charge on any atom is 0.240 e. The number of hydrogen-bond acceptors (Lipinski definition) is 5. The molecule has 0 bridgehead atoms. The van der Waals surface area contributed by atoms with Gasteiger partial charge in [0.15, 0.2) is 0 Å². The fourth-order valence-electron chi connectivity index (χ4n) is 1.28. The molecule has 0 spiro atoms. The number of nitrogens with two attached hydrogens (primary N) is 1. The third-order valence-corrected chi connectivity index (χ3v) is 3.60. The van der Waals surface area contributed by atoms with E-state index in [4.69, 9.17) is 5.73 Å². The smallest absolute Gasteiger partial charge is 0.240 e. The average Bonchev–Trinajstić information content (AvgIpc) is 2.24. The van der Waals surface area contributed by atoms with E-state index in [0.717, 1.165) is 13.0 Å². The summed E-state index contributed by atoms with van der Waals surface area (Å²) >= 11 is 0. The van der Waals surface area contributed by atoms with Crippen molar-refractivity contribution in [1.29, 1.82) is 0 Å². The minimum absolute atomic E-state index is 0.148. The summed E-state index contributed by atoms with van der Waals surface area (Å²) in [5, 5.41) is 0. The maximum atomic E-state index is 11.8. The van der Waals surface area contributed by atoms with Crippen molar-refractivity contribution in [2.24, 2.45) is 0 Å². The fourth-order valence-corrected chi connectivity index (χ4v) is 2.38. The van der Waals surface area contributed by atoms with Gasteiger partial charge in [0.2, 0.25) is 10.0 Å². The molecule has 1 heterocycles. The van der Waals surface area contributed by atoms with Crippen LogP contribution in [0.15, 0.2) is 23.2 Å². The Bertz CT molecular complexity index is 459. The Balaban J connectivity index is 2.57. The predicted octanol–water partition coefficient (Wildman–Crippen LogP) is -0.106. The molecule has 0 aliphatic carbocycles. The Morgan fingerprint density at radius 2 is 2.18 bits per heavy atom. The van der Waals surface area contributed by atoms with Crippen molar-refractivity contribution < 1.29 is 8.42 Å². The van der Waals surface area contributed by atoms with Gasteiger partial charge in [-0.25, -0.2) is 18.1 Å². The Hall–Kier alpha value is -1.18. The molecule has 1 aromatic heterocycles. The normalized spacial score (nSPS) is 11.9. The maximum absolute atomic E-state index is 11.8. The monoisotopic (exact) mass is 258 g/mol. The number of nitrogen functional groups attached to an aromatic ring is 1. The molecule has 96 valence electrons. The van der Waals surface area contributed by atoms with Crippen molar-refractivity contribution in [3.8, 4) is 0 Å². The highest BCUT2D eigenvalue weighted by Crippen LogP contribution is 2.09. The van der Waals surface area contributed by atoms with Gasteiger partial charge in [-0.1, -0.05) is 0 Å². The lowest BCUT2D eigenvalue weighted by Gasteiger charge is -2.10. The molecule has 0 saturated heterocycles. The number of sulfonamides is 1. The van der Waals surface area contributed by atoms with Crippen LogP contribution in [-0.4, -0.2) is 45.5 Å². The van der Waals surface area contributed by atoms with Gasteiger partial charge in [0.1, 0.15) is 5.82 Å². The van der Waals surface area contributed by atoms with Crippen molar-refractivity contribution in [2.75, 3.05) is 32.9 Å². The summed E-state index contributed by atoms with van der Waals surface area (Å²) in [4.78, 5) is 5.90. The molecule has 0 atom stereocenters. The first-order valence-electron chi connectivity index (χ1n) is 5.28. The van der Waals surface area contributed by atoms with Gasteiger partial charge in [0.25, 0.3) is 0 Å². The molecule has 1 aromatic rings. The summed E-state index contributed by atoms with van der Waals surface area (Å²) in [6.45, 7) is 1.24. The lowest BCUT2D eigenvalue weighted by atomic mass is 10.4. The number of rotatable bonds is 6. The Morgan fingerprint density at radius 1 is 1.47 bits per heavy atom. The van der Waals surface area contributed by atoms with E-state index < -0.39 is 10.0 Å². The number of pyridine rings is 1. The Labute approximate surface area is 102 Å². The molecule has 7 heteroatoms. The second kappa shape index (κ2) is 5.95. The summed E-state index contributed by atoms with van der Waals surface area (Å²) in [6.07, 6.45) is 2.14. The van der Waals surface area contributed by atoms with Gasteiger partial charge < -0.3 is 10.6 Å². The standard InChI is InChI=1S/C10H18N4O2S/c1-14(2)7-3-5-13-17(15,16)9-4-6-12-10(11)8-9/h4,6,8,13H,3,5,7H2,1-2H3,(H2,11,12). The second-order valence-corrected chi connectivity index (χ2v) is 5.74. The van der Waals surface area contributed by atoms with Crippen LogP contribution in [0.25, 0.3) is 0 Å². The number of anilines is 1. The van der Waals surface area contributed by atoms with E-state index in [2.05, 4.69) is 9.71 Å². The van der Waals surface area contributed by atoms with Crippen molar-refractivity contribution in [3.05, 3.63) is 18.3 Å². The highest BCUT2D eigenvalue weighted by molar-refractivity contribution is 7.89. The molecule has 17 heavy (non-hydrogen) atoms. The molecule has 0 unspecified atom stereocenters. The van der Waals surface area contributed by atoms with Crippen molar-refractivity contribution in [3.63, 3.8) is 0 Å². The largest absolute Gasteiger partial charge is 0.384 e. The van der Waals surface area contributed by atoms with E-state index in [1.807, 2.05) is 19.0 Å². The first-order chi connectivity index (χ1) is 7.92. The Kier molecular flexibility index (Phi) is 4.86. The third kappa shape index (κ3) is 4.68. The van der Waals surface area contributed by atoms with E-state index in [9.17, 15) is 8.42 Å². The highest BCUT2D eigenvalue weighted by atomic mass is 32.2. The van der Waals surface area contributed by atoms with Gasteiger partial charge in [0, 0.05) is 18.8 Å². The third-order valence-electron chi connectivity index (χ3n) is 2.14. The van der Waals surface area contributed by atoms with E-state index in [1.165, 1.54) is 18.3 Å². The van der Waals surface area contributed by atoms with Crippen LogP contribution in [0.2, 0.25) is 0 Å². The van der Waals surface area contributed by atoms with Gasteiger partial charge in [-0.05, 0) is 33.1 Å². The highest BCUT2D eigenvalue weighted by Gasteiger charge is 2.13. The zero-order valence-corrected chi connectivity index (χ0v) is 10.9. The molecule has 6 nitrogen and oxygen atoms in total. The fraction of sp³-hybridized carbons (Fsp3) is 0.500. The number of aromatic nitrogens is 1. The number of nitrogens with zero attached hydrogens (tertiary/aromatic N) is 2. The lowest BCUT2D eigenvalue weighted by molar-refractivity contribution is 0.400. The first-order valence-corrected chi connectivity index (χ1v) is 6.76. The molecule has 0 fully saturated rings. The van der Waals surface area contributed by atoms with Crippen LogP contribution in [0.4, 0.5) is 5.82 Å². The van der Waals surface area contributed by atoms with Gasteiger partial charge in [-0.15, -0.1) is 0 Å². The van der Waals surface area contributed by atoms with E-state index in [1.54, 1.807) is 0 Å². The van der Waals surface area contributed by atoms with E-state index in [-0.39, 0.29) is 10.7 Å².